The van der Waals surface area contributed by atoms with Gasteiger partial charge in [-0.25, -0.2) is 9.97 Å². The van der Waals surface area contributed by atoms with Crippen molar-refractivity contribution in [1.82, 2.24) is 9.97 Å². The minimum absolute atomic E-state index is 0.0640. The Bertz CT molecular complexity index is 999. The van der Waals surface area contributed by atoms with E-state index in [1.807, 2.05) is 0 Å². The first-order valence-corrected chi connectivity index (χ1v) is 11.5. The Kier molecular flexibility index (Phi) is 5.82. The second-order valence-electron chi connectivity index (χ2n) is 7.11. The number of carboxylic acids is 1. The average molecular weight is 414 g/mol. The smallest absolute Gasteiger partial charge is 0.313 e. The highest BCUT2D eigenvalue weighted by Gasteiger charge is 2.21. The van der Waals surface area contributed by atoms with E-state index in [0.29, 0.717) is 18.1 Å². The Balaban J connectivity index is 1.65. The molecule has 0 saturated carbocycles. The lowest BCUT2D eigenvalue weighted by Gasteiger charge is -2.13. The Morgan fingerprint density at radius 3 is 2.79 bits per heavy atom. The van der Waals surface area contributed by atoms with Crippen molar-refractivity contribution in [2.75, 3.05) is 11.1 Å². The van der Waals surface area contributed by atoms with Gasteiger partial charge in [0.1, 0.15) is 16.5 Å². The fourth-order valence-electron chi connectivity index (χ4n) is 3.52. The number of thiophene rings is 1. The summed E-state index contributed by atoms with van der Waals surface area (Å²) in [5.41, 5.74) is 3.86. The van der Waals surface area contributed by atoms with Crippen LogP contribution in [0, 0.1) is 6.92 Å². The number of anilines is 1. The van der Waals surface area contributed by atoms with Crippen LogP contribution in [0.1, 0.15) is 40.2 Å². The third-order valence-electron chi connectivity index (χ3n) is 4.90. The van der Waals surface area contributed by atoms with E-state index in [0.717, 1.165) is 23.5 Å². The first kappa shape index (κ1) is 19.2. The number of carbonyl (C=O) groups is 1. The third kappa shape index (κ3) is 4.31. The van der Waals surface area contributed by atoms with Crippen LogP contribution in [0.3, 0.4) is 0 Å². The van der Waals surface area contributed by atoms with Crippen LogP contribution < -0.4 is 5.32 Å². The number of thioether (sulfide) groups is 1. The number of hydrogen-bond acceptors (Lipinski definition) is 6. The number of hydrogen-bond donors (Lipinski definition) is 2. The van der Waals surface area contributed by atoms with E-state index in [1.165, 1.54) is 51.6 Å². The van der Waals surface area contributed by atoms with Crippen molar-refractivity contribution in [3.63, 3.8) is 0 Å². The zero-order chi connectivity index (χ0) is 19.5. The van der Waals surface area contributed by atoms with Gasteiger partial charge in [-0.15, -0.1) is 23.1 Å². The molecule has 28 heavy (non-hydrogen) atoms. The van der Waals surface area contributed by atoms with E-state index < -0.39 is 5.97 Å². The Morgan fingerprint density at radius 2 is 2.00 bits per heavy atom. The van der Waals surface area contributed by atoms with Gasteiger partial charge in [0, 0.05) is 11.4 Å². The molecule has 0 atom stereocenters. The summed E-state index contributed by atoms with van der Waals surface area (Å²) in [7, 11) is 0. The van der Waals surface area contributed by atoms with E-state index in [1.54, 1.807) is 11.3 Å². The third-order valence-corrected chi connectivity index (χ3v) is 7.00. The first-order valence-electron chi connectivity index (χ1n) is 9.50. The van der Waals surface area contributed by atoms with Gasteiger partial charge in [-0.3, -0.25) is 4.79 Å². The normalized spacial score (nSPS) is 13.5. The van der Waals surface area contributed by atoms with Gasteiger partial charge in [-0.05, 0) is 43.7 Å². The predicted molar refractivity (Wildman–Crippen MR) is 116 cm³/mol. The van der Waals surface area contributed by atoms with Crippen LogP contribution in [0.4, 0.5) is 5.82 Å². The first-order chi connectivity index (χ1) is 13.6. The molecule has 4 rings (SSSR count). The van der Waals surface area contributed by atoms with Crippen LogP contribution in [0.25, 0.3) is 10.2 Å². The number of benzene rings is 1. The van der Waals surface area contributed by atoms with Crippen molar-refractivity contribution < 1.29 is 9.90 Å². The summed E-state index contributed by atoms with van der Waals surface area (Å²) in [6.07, 6.45) is 4.66. The lowest BCUT2D eigenvalue weighted by molar-refractivity contribution is -0.133. The molecule has 2 aromatic heterocycles. The fourth-order valence-corrected chi connectivity index (χ4v) is 5.38. The zero-order valence-corrected chi connectivity index (χ0v) is 17.5. The van der Waals surface area contributed by atoms with Crippen LogP contribution in [-0.4, -0.2) is 26.8 Å². The van der Waals surface area contributed by atoms with Gasteiger partial charge in [0.2, 0.25) is 0 Å². The van der Waals surface area contributed by atoms with Crippen molar-refractivity contribution in [3.05, 3.63) is 51.7 Å². The summed E-state index contributed by atoms with van der Waals surface area (Å²) < 4.78 is 0. The second kappa shape index (κ2) is 8.49. The lowest BCUT2D eigenvalue weighted by atomic mass is 9.97. The monoisotopic (exact) mass is 413 g/mol. The van der Waals surface area contributed by atoms with Gasteiger partial charge in [0.25, 0.3) is 0 Å². The maximum Gasteiger partial charge on any atom is 0.313 e. The maximum absolute atomic E-state index is 10.8. The number of fused-ring (bicyclic) bond motifs is 3. The van der Waals surface area contributed by atoms with E-state index >= 15 is 0 Å². The maximum atomic E-state index is 10.8. The molecule has 0 radical (unpaired) electrons. The van der Waals surface area contributed by atoms with Gasteiger partial charge in [0.05, 0.1) is 16.9 Å². The number of nitrogens with zero attached hydrogens (tertiary/aromatic N) is 2. The van der Waals surface area contributed by atoms with E-state index in [9.17, 15) is 4.79 Å². The number of rotatable bonds is 7. The highest BCUT2D eigenvalue weighted by molar-refractivity contribution is 7.99. The van der Waals surface area contributed by atoms with E-state index in [4.69, 9.17) is 15.1 Å². The van der Waals surface area contributed by atoms with E-state index in [2.05, 4.69) is 36.5 Å². The molecule has 1 aromatic carbocycles. The number of carboxylic acid groups (broad SMARTS) is 1. The zero-order valence-electron chi connectivity index (χ0n) is 15.8. The van der Waals surface area contributed by atoms with Crippen molar-refractivity contribution >= 4 is 45.1 Å². The summed E-state index contributed by atoms with van der Waals surface area (Å²) in [6, 6.07) is 8.50. The molecule has 2 N–H and O–H groups in total. The Morgan fingerprint density at radius 1 is 1.21 bits per heavy atom. The predicted octanol–water partition coefficient (Wildman–Crippen LogP) is 4.81. The molecule has 0 unspecified atom stereocenters. The minimum Gasteiger partial charge on any atom is -0.481 e. The average Bonchev–Trinajstić information content (AvgIpc) is 3.05. The largest absolute Gasteiger partial charge is 0.481 e. The molecular weight excluding hydrogens is 390 g/mol. The van der Waals surface area contributed by atoms with Gasteiger partial charge in [-0.2, -0.15) is 0 Å². The van der Waals surface area contributed by atoms with Crippen LogP contribution in [0.5, 0.6) is 0 Å². The molecule has 0 aliphatic heterocycles. The number of aliphatic carboxylic acids is 1. The molecule has 5 nitrogen and oxygen atoms in total. The molecule has 0 bridgehead atoms. The minimum atomic E-state index is -0.810. The SMILES string of the molecule is Cc1ccc(CNc2nc(CSCC(=O)O)nc3sc4c(c23)CCCC4)cc1. The molecular formula is C21H23N3O2S2. The van der Waals surface area contributed by atoms with Crippen molar-refractivity contribution in [2.24, 2.45) is 0 Å². The van der Waals surface area contributed by atoms with Gasteiger partial charge < -0.3 is 10.4 Å². The summed E-state index contributed by atoms with van der Waals surface area (Å²) in [5.74, 6) is 1.34. The quantitative estimate of drug-likeness (QED) is 0.579. The molecule has 0 spiro atoms. The highest BCUT2D eigenvalue weighted by Crippen LogP contribution is 2.39. The molecule has 0 saturated heterocycles. The van der Waals surface area contributed by atoms with Crippen LogP contribution in [0.15, 0.2) is 24.3 Å². The van der Waals surface area contributed by atoms with Crippen molar-refractivity contribution in [2.45, 2.75) is 44.9 Å². The molecule has 146 valence electrons. The molecule has 3 aromatic rings. The van der Waals surface area contributed by atoms with Crippen LogP contribution >= 0.6 is 23.1 Å². The van der Waals surface area contributed by atoms with E-state index in [-0.39, 0.29) is 5.75 Å². The highest BCUT2D eigenvalue weighted by atomic mass is 32.2. The van der Waals surface area contributed by atoms with Crippen molar-refractivity contribution in [1.29, 1.82) is 0 Å². The number of nitrogens with one attached hydrogen (secondary N) is 1. The van der Waals surface area contributed by atoms with Crippen LogP contribution in [0.2, 0.25) is 0 Å². The molecule has 7 heteroatoms. The van der Waals surface area contributed by atoms with Crippen molar-refractivity contribution in [3.8, 4) is 0 Å². The summed E-state index contributed by atoms with van der Waals surface area (Å²) in [6.45, 7) is 2.79. The molecule has 1 aliphatic rings. The molecule has 2 heterocycles. The number of aryl methyl sites for hydroxylation is 3. The van der Waals surface area contributed by atoms with Gasteiger partial charge in [-0.1, -0.05) is 29.8 Å². The molecule has 0 fully saturated rings. The topological polar surface area (TPSA) is 75.1 Å². The molecule has 1 aliphatic carbocycles. The standard InChI is InChI=1S/C21H23N3O2S2/c1-13-6-8-14(9-7-13)10-22-20-19-15-4-2-3-5-16(15)28-21(19)24-17(23-20)11-27-12-18(25)26/h6-9H,2-5,10-12H2,1H3,(H,25,26)(H,22,23,24). The summed E-state index contributed by atoms with van der Waals surface area (Å²) in [5, 5.41) is 13.6. The fraction of sp³-hybridized carbons (Fsp3) is 0.381. The second-order valence-corrected chi connectivity index (χ2v) is 9.17. The Hall–Kier alpha value is -2.12. The summed E-state index contributed by atoms with van der Waals surface area (Å²) >= 11 is 3.11. The van der Waals surface area contributed by atoms with Gasteiger partial charge in [0.15, 0.2) is 0 Å². The lowest BCUT2D eigenvalue weighted by Crippen LogP contribution is -2.07. The van der Waals surface area contributed by atoms with Crippen LogP contribution in [-0.2, 0) is 29.9 Å². The Labute approximate surface area is 172 Å². The molecule has 0 amide bonds. The summed E-state index contributed by atoms with van der Waals surface area (Å²) in [4.78, 5) is 22.8. The van der Waals surface area contributed by atoms with Gasteiger partial charge >= 0.3 is 5.97 Å². The number of aromatic nitrogens is 2.